The van der Waals surface area contributed by atoms with Gasteiger partial charge < -0.3 is 5.73 Å². The van der Waals surface area contributed by atoms with Crippen LogP contribution in [0, 0.1) is 10.5 Å². The lowest BCUT2D eigenvalue weighted by molar-refractivity contribution is 1.11. The van der Waals surface area contributed by atoms with Crippen LogP contribution in [0.4, 0.5) is 5.82 Å². The van der Waals surface area contributed by atoms with Crippen molar-refractivity contribution in [1.29, 1.82) is 0 Å². The largest absolute Gasteiger partial charge is 0.383 e. The zero-order chi connectivity index (χ0) is 10.8. The van der Waals surface area contributed by atoms with Gasteiger partial charge in [-0.15, -0.1) is 0 Å². The van der Waals surface area contributed by atoms with Gasteiger partial charge in [-0.25, -0.2) is 15.0 Å². The molecule has 0 aromatic carbocycles. The third-order valence-electron chi connectivity index (χ3n) is 1.89. The van der Waals surface area contributed by atoms with Crippen LogP contribution in [0.1, 0.15) is 5.69 Å². The first-order valence-electron chi connectivity index (χ1n) is 4.39. The smallest absolute Gasteiger partial charge is 0.180 e. The third-order valence-corrected chi connectivity index (χ3v) is 2.72. The van der Waals surface area contributed by atoms with Crippen molar-refractivity contribution < 1.29 is 0 Å². The fourth-order valence-corrected chi connectivity index (χ4v) is 1.43. The van der Waals surface area contributed by atoms with Crippen molar-refractivity contribution >= 4 is 28.4 Å². The van der Waals surface area contributed by atoms with Crippen LogP contribution in [0.25, 0.3) is 11.5 Å². The Kier molecular flexibility index (Phi) is 2.81. The summed E-state index contributed by atoms with van der Waals surface area (Å²) in [4.78, 5) is 12.7. The minimum Gasteiger partial charge on any atom is -0.383 e. The first kappa shape index (κ1) is 10.3. The molecule has 0 aliphatic carbocycles. The van der Waals surface area contributed by atoms with Gasteiger partial charge in [0.25, 0.3) is 0 Å². The van der Waals surface area contributed by atoms with Crippen LogP contribution in [0.5, 0.6) is 0 Å². The zero-order valence-corrected chi connectivity index (χ0v) is 10.3. The topological polar surface area (TPSA) is 64.7 Å². The van der Waals surface area contributed by atoms with Crippen molar-refractivity contribution in [3.05, 3.63) is 33.7 Å². The molecule has 0 spiro atoms. The molecule has 2 heterocycles. The van der Waals surface area contributed by atoms with Gasteiger partial charge in [-0.3, -0.25) is 0 Å². The van der Waals surface area contributed by atoms with Gasteiger partial charge in [0.05, 0.1) is 3.57 Å². The highest BCUT2D eigenvalue weighted by Gasteiger charge is 2.05. The van der Waals surface area contributed by atoms with Gasteiger partial charge in [0.15, 0.2) is 5.82 Å². The predicted molar refractivity (Wildman–Crippen MR) is 67.1 cm³/mol. The van der Waals surface area contributed by atoms with Crippen LogP contribution in [0.3, 0.4) is 0 Å². The molecule has 2 rings (SSSR count). The SMILES string of the molecule is Cc1cccc(-c2ncc(I)c(N)n2)n1. The fourth-order valence-electron chi connectivity index (χ4n) is 1.17. The van der Waals surface area contributed by atoms with Gasteiger partial charge in [0, 0.05) is 11.9 Å². The summed E-state index contributed by atoms with van der Waals surface area (Å²) in [6.45, 7) is 1.93. The molecule has 4 nitrogen and oxygen atoms in total. The van der Waals surface area contributed by atoms with E-state index in [2.05, 4.69) is 37.5 Å². The van der Waals surface area contributed by atoms with Gasteiger partial charge >= 0.3 is 0 Å². The molecule has 2 N–H and O–H groups in total. The maximum absolute atomic E-state index is 5.71. The summed E-state index contributed by atoms with van der Waals surface area (Å²) >= 11 is 2.10. The standard InChI is InChI=1S/C10H9IN4/c1-6-3-2-4-8(14-6)10-13-5-7(11)9(12)15-10/h2-5H,1H3,(H2,12,13,15). The lowest BCUT2D eigenvalue weighted by Gasteiger charge is -2.02. The summed E-state index contributed by atoms with van der Waals surface area (Å²) in [5.41, 5.74) is 7.40. The number of hydrogen-bond donors (Lipinski definition) is 1. The second-order valence-electron chi connectivity index (χ2n) is 3.09. The van der Waals surface area contributed by atoms with Crippen LogP contribution >= 0.6 is 22.6 Å². The summed E-state index contributed by atoms with van der Waals surface area (Å²) in [6, 6.07) is 5.73. The summed E-state index contributed by atoms with van der Waals surface area (Å²) in [5, 5.41) is 0. The van der Waals surface area contributed by atoms with Crippen molar-refractivity contribution in [1.82, 2.24) is 15.0 Å². The number of anilines is 1. The van der Waals surface area contributed by atoms with Crippen molar-refractivity contribution in [2.75, 3.05) is 5.73 Å². The molecule has 0 radical (unpaired) electrons. The molecule has 0 aliphatic heterocycles. The van der Waals surface area contributed by atoms with E-state index in [0.29, 0.717) is 11.6 Å². The zero-order valence-electron chi connectivity index (χ0n) is 8.11. The minimum absolute atomic E-state index is 0.490. The number of nitrogen functional groups attached to an aromatic ring is 1. The molecule has 2 aromatic rings. The van der Waals surface area contributed by atoms with Gasteiger partial charge in [-0.2, -0.15) is 0 Å². The number of aryl methyl sites for hydroxylation is 1. The predicted octanol–water partition coefficient (Wildman–Crippen LogP) is 2.03. The average molecular weight is 312 g/mol. The number of pyridine rings is 1. The number of halogens is 1. The van der Waals surface area contributed by atoms with Crippen LogP contribution in [0.15, 0.2) is 24.4 Å². The number of nitrogens with two attached hydrogens (primary N) is 1. The summed E-state index contributed by atoms with van der Waals surface area (Å²) in [6.07, 6.45) is 1.70. The molecule has 0 saturated heterocycles. The number of aromatic nitrogens is 3. The molecule has 76 valence electrons. The highest BCUT2D eigenvalue weighted by molar-refractivity contribution is 14.1. The number of nitrogens with zero attached hydrogens (tertiary/aromatic N) is 3. The number of hydrogen-bond acceptors (Lipinski definition) is 4. The van der Waals surface area contributed by atoms with E-state index in [0.717, 1.165) is 15.0 Å². The van der Waals surface area contributed by atoms with Crippen molar-refractivity contribution in [3.8, 4) is 11.5 Å². The minimum atomic E-state index is 0.490. The van der Waals surface area contributed by atoms with E-state index in [1.807, 2.05) is 25.1 Å². The second-order valence-corrected chi connectivity index (χ2v) is 4.25. The Morgan fingerprint density at radius 1 is 1.27 bits per heavy atom. The van der Waals surface area contributed by atoms with E-state index in [-0.39, 0.29) is 0 Å². The molecule has 15 heavy (non-hydrogen) atoms. The lowest BCUT2D eigenvalue weighted by atomic mass is 10.3. The fraction of sp³-hybridized carbons (Fsp3) is 0.100. The second kappa shape index (κ2) is 4.09. The molecule has 0 saturated carbocycles. The molecular weight excluding hydrogens is 303 g/mol. The first-order chi connectivity index (χ1) is 7.16. The van der Waals surface area contributed by atoms with Crippen LogP contribution < -0.4 is 5.73 Å². The average Bonchev–Trinajstić information content (AvgIpc) is 2.22. The van der Waals surface area contributed by atoms with Crippen molar-refractivity contribution in [2.45, 2.75) is 6.92 Å². The molecular formula is C10H9IN4. The van der Waals surface area contributed by atoms with E-state index in [4.69, 9.17) is 5.73 Å². The van der Waals surface area contributed by atoms with E-state index in [9.17, 15) is 0 Å². The first-order valence-corrected chi connectivity index (χ1v) is 5.47. The Bertz CT molecular complexity index is 499. The van der Waals surface area contributed by atoms with Crippen molar-refractivity contribution in [2.24, 2.45) is 0 Å². The summed E-state index contributed by atoms with van der Waals surface area (Å²) in [7, 11) is 0. The Hall–Kier alpha value is -1.24. The van der Waals surface area contributed by atoms with Gasteiger partial charge in [-0.1, -0.05) is 6.07 Å². The lowest BCUT2D eigenvalue weighted by Crippen LogP contribution is -1.99. The van der Waals surface area contributed by atoms with Crippen molar-refractivity contribution in [3.63, 3.8) is 0 Å². The maximum Gasteiger partial charge on any atom is 0.180 e. The highest BCUT2D eigenvalue weighted by Crippen LogP contribution is 2.16. The number of rotatable bonds is 1. The van der Waals surface area contributed by atoms with E-state index >= 15 is 0 Å². The molecule has 2 aromatic heterocycles. The molecule has 5 heteroatoms. The quantitative estimate of drug-likeness (QED) is 0.818. The Balaban J connectivity index is 2.50. The monoisotopic (exact) mass is 312 g/mol. The molecule has 0 amide bonds. The van der Waals surface area contributed by atoms with E-state index in [1.54, 1.807) is 6.20 Å². The Morgan fingerprint density at radius 2 is 2.07 bits per heavy atom. The molecule has 0 unspecified atom stereocenters. The van der Waals surface area contributed by atoms with Gasteiger partial charge in [0.2, 0.25) is 0 Å². The maximum atomic E-state index is 5.71. The normalized spacial score (nSPS) is 10.3. The third kappa shape index (κ3) is 2.23. The Morgan fingerprint density at radius 3 is 2.73 bits per heavy atom. The Labute approximate surface area is 101 Å². The molecule has 0 atom stereocenters. The molecule has 0 aliphatic rings. The van der Waals surface area contributed by atoms with Crippen LogP contribution in [0.2, 0.25) is 0 Å². The molecule has 0 fully saturated rings. The van der Waals surface area contributed by atoms with Crippen LogP contribution in [-0.4, -0.2) is 15.0 Å². The van der Waals surface area contributed by atoms with Crippen LogP contribution in [-0.2, 0) is 0 Å². The van der Waals surface area contributed by atoms with E-state index in [1.165, 1.54) is 0 Å². The molecule has 0 bridgehead atoms. The highest BCUT2D eigenvalue weighted by atomic mass is 127. The van der Waals surface area contributed by atoms with E-state index < -0.39 is 0 Å². The van der Waals surface area contributed by atoms with Gasteiger partial charge in [-0.05, 0) is 41.6 Å². The summed E-state index contributed by atoms with van der Waals surface area (Å²) < 4.78 is 0.851. The van der Waals surface area contributed by atoms with Gasteiger partial charge in [0.1, 0.15) is 11.5 Å². The summed E-state index contributed by atoms with van der Waals surface area (Å²) in [5.74, 6) is 1.06.